The van der Waals surface area contributed by atoms with Crippen LogP contribution in [0.25, 0.3) is 11.3 Å². The van der Waals surface area contributed by atoms with Gasteiger partial charge in [0.25, 0.3) is 0 Å². The number of aromatic amines is 1. The van der Waals surface area contributed by atoms with Crippen molar-refractivity contribution >= 4 is 15.8 Å². The van der Waals surface area contributed by atoms with Crippen molar-refractivity contribution in [2.45, 2.75) is 25.7 Å². The van der Waals surface area contributed by atoms with Crippen LogP contribution < -0.4 is 4.90 Å². The molecule has 1 aliphatic heterocycles. The number of nitrogens with zero attached hydrogens (tertiary/aromatic N) is 3. The normalized spacial score (nSPS) is 15.6. The highest BCUT2D eigenvalue weighted by Crippen LogP contribution is 2.27. The number of piperazine rings is 1. The number of sulfonamides is 1. The fourth-order valence-electron chi connectivity index (χ4n) is 4.10. The van der Waals surface area contributed by atoms with E-state index < -0.39 is 10.0 Å². The third kappa shape index (κ3) is 3.80. The molecule has 0 spiro atoms. The maximum atomic E-state index is 13.3. The van der Waals surface area contributed by atoms with Crippen LogP contribution >= 0.6 is 0 Å². The summed E-state index contributed by atoms with van der Waals surface area (Å²) >= 11 is 0. The van der Waals surface area contributed by atoms with Gasteiger partial charge in [-0.25, -0.2) is 8.42 Å². The Kier molecular flexibility index (Phi) is 5.19. The SMILES string of the molecule is Cc1cc(C)c(S(=O)(=O)N2CCN(c3cc(-c4ccccc4)[nH]n3)CC2)c(C)c1. The summed E-state index contributed by atoms with van der Waals surface area (Å²) < 4.78 is 28.1. The Balaban J connectivity index is 1.49. The quantitative estimate of drug-likeness (QED) is 0.715. The highest BCUT2D eigenvalue weighted by Gasteiger charge is 2.31. The number of nitrogens with one attached hydrogen (secondary N) is 1. The van der Waals surface area contributed by atoms with Crippen LogP contribution in [0.3, 0.4) is 0 Å². The van der Waals surface area contributed by atoms with Crippen molar-refractivity contribution in [3.63, 3.8) is 0 Å². The average molecular weight is 411 g/mol. The summed E-state index contributed by atoms with van der Waals surface area (Å²) in [5, 5.41) is 7.52. The molecule has 0 saturated carbocycles. The minimum absolute atomic E-state index is 0.447. The first-order valence-corrected chi connectivity index (χ1v) is 11.2. The molecule has 152 valence electrons. The van der Waals surface area contributed by atoms with E-state index >= 15 is 0 Å². The summed E-state index contributed by atoms with van der Waals surface area (Å²) in [5.74, 6) is 0.851. The maximum absolute atomic E-state index is 13.3. The summed E-state index contributed by atoms with van der Waals surface area (Å²) in [6, 6.07) is 15.9. The number of benzene rings is 2. The van der Waals surface area contributed by atoms with Gasteiger partial charge in [-0.05, 0) is 37.5 Å². The number of anilines is 1. The predicted molar refractivity (Wildman–Crippen MR) is 116 cm³/mol. The van der Waals surface area contributed by atoms with Gasteiger partial charge in [-0.2, -0.15) is 9.40 Å². The summed E-state index contributed by atoms with van der Waals surface area (Å²) in [4.78, 5) is 2.58. The molecule has 1 N–H and O–H groups in total. The van der Waals surface area contributed by atoms with Crippen LogP contribution in [0.15, 0.2) is 53.4 Å². The molecule has 1 aliphatic rings. The van der Waals surface area contributed by atoms with Gasteiger partial charge in [0.05, 0.1) is 10.6 Å². The molecular formula is C22H26N4O2S. The minimum Gasteiger partial charge on any atom is -0.352 e. The second-order valence-electron chi connectivity index (χ2n) is 7.62. The number of hydrogen-bond donors (Lipinski definition) is 1. The summed E-state index contributed by atoms with van der Waals surface area (Å²) in [7, 11) is -3.51. The van der Waals surface area contributed by atoms with Crippen molar-refractivity contribution in [1.29, 1.82) is 0 Å². The Hall–Kier alpha value is -2.64. The van der Waals surface area contributed by atoms with Crippen LogP contribution in [0.4, 0.5) is 5.82 Å². The van der Waals surface area contributed by atoms with Gasteiger partial charge < -0.3 is 4.90 Å². The number of aromatic nitrogens is 2. The fraction of sp³-hybridized carbons (Fsp3) is 0.318. The third-order valence-electron chi connectivity index (χ3n) is 5.41. The molecule has 7 heteroatoms. The second-order valence-corrected chi connectivity index (χ2v) is 9.50. The molecule has 6 nitrogen and oxygen atoms in total. The zero-order valence-corrected chi connectivity index (χ0v) is 17.8. The standard InChI is InChI=1S/C22H26N4O2S/c1-16-13-17(2)22(18(3)14-16)29(27,28)26-11-9-25(10-12-26)21-15-20(23-24-21)19-7-5-4-6-8-19/h4-8,13-15H,9-12H2,1-3H3,(H,23,24). The molecule has 0 aliphatic carbocycles. The van der Waals surface area contributed by atoms with Gasteiger partial charge in [-0.15, -0.1) is 0 Å². The van der Waals surface area contributed by atoms with Crippen LogP contribution in [0.5, 0.6) is 0 Å². The van der Waals surface area contributed by atoms with Crippen molar-refractivity contribution in [1.82, 2.24) is 14.5 Å². The van der Waals surface area contributed by atoms with Gasteiger partial charge >= 0.3 is 0 Å². The Bertz CT molecular complexity index is 1090. The van der Waals surface area contributed by atoms with Gasteiger partial charge in [0.1, 0.15) is 0 Å². The molecule has 0 unspecified atom stereocenters. The lowest BCUT2D eigenvalue weighted by Crippen LogP contribution is -2.49. The van der Waals surface area contributed by atoms with Gasteiger partial charge in [-0.3, -0.25) is 5.10 Å². The first kappa shape index (κ1) is 19.7. The minimum atomic E-state index is -3.51. The summed E-state index contributed by atoms with van der Waals surface area (Å²) in [6.07, 6.45) is 0. The van der Waals surface area contributed by atoms with Crippen molar-refractivity contribution in [2.75, 3.05) is 31.1 Å². The first-order valence-electron chi connectivity index (χ1n) is 9.80. The zero-order chi connectivity index (χ0) is 20.6. The molecule has 1 saturated heterocycles. The smallest absolute Gasteiger partial charge is 0.243 e. The number of hydrogen-bond acceptors (Lipinski definition) is 4. The van der Waals surface area contributed by atoms with E-state index in [-0.39, 0.29) is 0 Å². The van der Waals surface area contributed by atoms with Crippen molar-refractivity contribution in [3.8, 4) is 11.3 Å². The van der Waals surface area contributed by atoms with Crippen LogP contribution in [0.2, 0.25) is 0 Å². The Morgan fingerprint density at radius 3 is 2.14 bits per heavy atom. The lowest BCUT2D eigenvalue weighted by molar-refractivity contribution is 0.383. The number of aryl methyl sites for hydroxylation is 3. The molecule has 3 aromatic rings. The molecule has 4 rings (SSSR count). The summed E-state index contributed by atoms with van der Waals surface area (Å²) in [6.45, 7) is 7.86. The topological polar surface area (TPSA) is 69.3 Å². The number of rotatable bonds is 4. The largest absolute Gasteiger partial charge is 0.352 e. The lowest BCUT2D eigenvalue weighted by Gasteiger charge is -2.34. The molecule has 2 aromatic carbocycles. The Labute approximate surface area is 172 Å². The third-order valence-corrected chi connectivity index (χ3v) is 7.62. The van der Waals surface area contributed by atoms with E-state index in [9.17, 15) is 8.42 Å². The van der Waals surface area contributed by atoms with Crippen LogP contribution in [0.1, 0.15) is 16.7 Å². The molecule has 0 bridgehead atoms. The van der Waals surface area contributed by atoms with Gasteiger partial charge in [-0.1, -0.05) is 48.0 Å². The molecule has 0 atom stereocenters. The van der Waals surface area contributed by atoms with Crippen LogP contribution in [-0.2, 0) is 10.0 Å². The highest BCUT2D eigenvalue weighted by atomic mass is 32.2. The van der Waals surface area contributed by atoms with Crippen molar-refractivity contribution in [3.05, 3.63) is 65.2 Å². The van der Waals surface area contributed by atoms with Gasteiger partial charge in [0.2, 0.25) is 10.0 Å². The zero-order valence-electron chi connectivity index (χ0n) is 17.0. The first-order chi connectivity index (χ1) is 13.9. The van der Waals surface area contributed by atoms with E-state index in [1.54, 1.807) is 4.31 Å². The van der Waals surface area contributed by atoms with E-state index in [0.717, 1.165) is 33.8 Å². The lowest BCUT2D eigenvalue weighted by atomic mass is 10.1. The Morgan fingerprint density at radius 1 is 0.897 bits per heavy atom. The van der Waals surface area contributed by atoms with Gasteiger partial charge in [0.15, 0.2) is 5.82 Å². The molecular weight excluding hydrogens is 384 g/mol. The maximum Gasteiger partial charge on any atom is 0.243 e. The van der Waals surface area contributed by atoms with Gasteiger partial charge in [0, 0.05) is 32.2 Å². The molecule has 0 radical (unpaired) electrons. The Morgan fingerprint density at radius 2 is 1.52 bits per heavy atom. The van der Waals surface area contributed by atoms with E-state index in [1.807, 2.05) is 69.3 Å². The molecule has 1 fully saturated rings. The van der Waals surface area contributed by atoms with E-state index in [4.69, 9.17) is 0 Å². The fourth-order valence-corrected chi connectivity index (χ4v) is 5.93. The van der Waals surface area contributed by atoms with E-state index in [2.05, 4.69) is 15.1 Å². The van der Waals surface area contributed by atoms with Crippen molar-refractivity contribution < 1.29 is 8.42 Å². The highest BCUT2D eigenvalue weighted by molar-refractivity contribution is 7.89. The van der Waals surface area contributed by atoms with E-state index in [1.165, 1.54) is 0 Å². The van der Waals surface area contributed by atoms with E-state index in [0.29, 0.717) is 31.1 Å². The van der Waals surface area contributed by atoms with Crippen molar-refractivity contribution in [2.24, 2.45) is 0 Å². The van der Waals surface area contributed by atoms with Crippen LogP contribution in [-0.4, -0.2) is 49.1 Å². The average Bonchev–Trinajstić information content (AvgIpc) is 3.18. The number of H-pyrrole nitrogens is 1. The monoisotopic (exact) mass is 410 g/mol. The molecule has 1 aromatic heterocycles. The summed E-state index contributed by atoms with van der Waals surface area (Å²) in [5.41, 5.74) is 4.74. The van der Waals surface area contributed by atoms with Crippen LogP contribution in [0, 0.1) is 20.8 Å². The molecule has 0 amide bonds. The molecule has 2 heterocycles. The second kappa shape index (κ2) is 7.65. The predicted octanol–water partition coefficient (Wildman–Crippen LogP) is 3.51. The molecule has 29 heavy (non-hydrogen) atoms.